The van der Waals surface area contributed by atoms with Gasteiger partial charge in [-0.2, -0.15) is 0 Å². The Kier molecular flexibility index (Phi) is 5.80. The highest BCUT2D eigenvalue weighted by Crippen LogP contribution is 2.22. The van der Waals surface area contributed by atoms with E-state index in [-0.39, 0.29) is 29.3 Å². The number of nitro benzene ring substituents is 1. The SMILES string of the molecule is Cc1cc(C(=O)NCC(C)(C)N2C[C@@H](C)O[C@@H](C)C2)ccc1[N+](=O)[O-]. The van der Waals surface area contributed by atoms with Gasteiger partial charge in [-0.1, -0.05) is 0 Å². The number of amides is 1. The minimum atomic E-state index is -0.444. The zero-order valence-corrected chi connectivity index (χ0v) is 15.5. The lowest BCUT2D eigenvalue weighted by Crippen LogP contribution is -2.58. The Bertz CT molecular complexity index is 650. The Balaban J connectivity index is 2.01. The molecule has 0 aromatic heterocycles. The number of ether oxygens (including phenoxy) is 1. The van der Waals surface area contributed by atoms with Crippen molar-refractivity contribution in [2.45, 2.75) is 52.4 Å². The summed E-state index contributed by atoms with van der Waals surface area (Å²) in [5, 5.41) is 13.8. The van der Waals surface area contributed by atoms with E-state index in [1.54, 1.807) is 13.0 Å². The standard InChI is InChI=1S/C18H27N3O4/c1-12-8-15(6-7-16(12)21(23)24)17(22)19-11-18(4,5)20-9-13(2)25-14(3)10-20/h6-8,13-14H,9-11H2,1-5H3,(H,19,22)/t13-,14+. The van der Waals surface area contributed by atoms with Crippen LogP contribution >= 0.6 is 0 Å². The van der Waals surface area contributed by atoms with Gasteiger partial charge >= 0.3 is 0 Å². The van der Waals surface area contributed by atoms with E-state index >= 15 is 0 Å². The van der Waals surface area contributed by atoms with E-state index in [0.29, 0.717) is 17.7 Å². The van der Waals surface area contributed by atoms with Crippen LogP contribution in [0.5, 0.6) is 0 Å². The van der Waals surface area contributed by atoms with Gasteiger partial charge in [0.15, 0.2) is 0 Å². The molecule has 25 heavy (non-hydrogen) atoms. The third kappa shape index (κ3) is 4.76. The first-order valence-electron chi connectivity index (χ1n) is 8.54. The molecule has 1 aliphatic heterocycles. The van der Waals surface area contributed by atoms with E-state index in [1.807, 2.05) is 0 Å². The Morgan fingerprint density at radius 3 is 2.48 bits per heavy atom. The topological polar surface area (TPSA) is 84.7 Å². The van der Waals surface area contributed by atoms with Gasteiger partial charge in [-0.15, -0.1) is 0 Å². The fraction of sp³-hybridized carbons (Fsp3) is 0.611. The summed E-state index contributed by atoms with van der Waals surface area (Å²) in [5.41, 5.74) is 0.723. The average Bonchev–Trinajstić information content (AvgIpc) is 2.51. The predicted octanol–water partition coefficient (Wildman–Crippen LogP) is 2.52. The molecule has 0 unspecified atom stereocenters. The van der Waals surface area contributed by atoms with Crippen molar-refractivity contribution >= 4 is 11.6 Å². The summed E-state index contributed by atoms with van der Waals surface area (Å²) in [6.07, 6.45) is 0.326. The largest absolute Gasteiger partial charge is 0.373 e. The molecule has 0 aliphatic carbocycles. The smallest absolute Gasteiger partial charge is 0.272 e. The second kappa shape index (κ2) is 7.49. The lowest BCUT2D eigenvalue weighted by Gasteiger charge is -2.45. The van der Waals surface area contributed by atoms with Crippen LogP contribution < -0.4 is 5.32 Å². The molecule has 2 atom stereocenters. The second-order valence-electron chi connectivity index (χ2n) is 7.42. The quantitative estimate of drug-likeness (QED) is 0.652. The monoisotopic (exact) mass is 349 g/mol. The second-order valence-corrected chi connectivity index (χ2v) is 7.42. The summed E-state index contributed by atoms with van der Waals surface area (Å²) in [7, 11) is 0. The number of rotatable bonds is 5. The molecule has 7 heteroatoms. The molecule has 138 valence electrons. The highest BCUT2D eigenvalue weighted by Gasteiger charge is 2.33. The molecule has 2 rings (SSSR count). The molecule has 0 saturated carbocycles. The van der Waals surface area contributed by atoms with E-state index in [4.69, 9.17) is 4.74 Å². The van der Waals surface area contributed by atoms with Gasteiger partial charge < -0.3 is 10.1 Å². The molecule has 1 N–H and O–H groups in total. The van der Waals surface area contributed by atoms with Crippen LogP contribution in [0.4, 0.5) is 5.69 Å². The van der Waals surface area contributed by atoms with Crippen LogP contribution in [0.25, 0.3) is 0 Å². The molecule has 1 saturated heterocycles. The Morgan fingerprint density at radius 1 is 1.36 bits per heavy atom. The van der Waals surface area contributed by atoms with Crippen LogP contribution in [-0.4, -0.2) is 53.1 Å². The first-order chi connectivity index (χ1) is 11.6. The zero-order valence-electron chi connectivity index (χ0n) is 15.5. The Labute approximate surface area is 148 Å². The lowest BCUT2D eigenvalue weighted by molar-refractivity contribution is -0.385. The van der Waals surface area contributed by atoms with E-state index in [0.717, 1.165) is 13.1 Å². The number of carbonyl (C=O) groups excluding carboxylic acids is 1. The molecule has 1 aromatic rings. The number of benzene rings is 1. The van der Waals surface area contributed by atoms with Crippen LogP contribution in [0.15, 0.2) is 18.2 Å². The average molecular weight is 349 g/mol. The first-order valence-corrected chi connectivity index (χ1v) is 8.54. The Morgan fingerprint density at radius 2 is 1.96 bits per heavy atom. The van der Waals surface area contributed by atoms with Crippen molar-refractivity contribution in [3.05, 3.63) is 39.4 Å². The third-order valence-electron chi connectivity index (χ3n) is 4.61. The van der Waals surface area contributed by atoms with Crippen molar-refractivity contribution in [3.8, 4) is 0 Å². The fourth-order valence-corrected chi connectivity index (χ4v) is 3.18. The van der Waals surface area contributed by atoms with E-state index in [9.17, 15) is 14.9 Å². The summed E-state index contributed by atoms with van der Waals surface area (Å²) in [6.45, 7) is 12.1. The molecule has 0 radical (unpaired) electrons. The molecule has 1 amide bonds. The summed E-state index contributed by atoms with van der Waals surface area (Å²) in [5.74, 6) is -0.222. The zero-order chi connectivity index (χ0) is 18.8. The molecule has 1 fully saturated rings. The van der Waals surface area contributed by atoms with Crippen molar-refractivity contribution in [1.29, 1.82) is 0 Å². The van der Waals surface area contributed by atoms with E-state index in [1.165, 1.54) is 12.1 Å². The minimum absolute atomic E-state index is 0.0215. The van der Waals surface area contributed by atoms with Crippen molar-refractivity contribution in [3.63, 3.8) is 0 Å². The first kappa shape index (κ1) is 19.3. The normalized spacial score (nSPS) is 21.8. The van der Waals surface area contributed by atoms with Crippen LogP contribution in [-0.2, 0) is 4.74 Å². The van der Waals surface area contributed by atoms with Crippen LogP contribution in [0.2, 0.25) is 0 Å². The summed E-state index contributed by atoms with van der Waals surface area (Å²) < 4.78 is 5.77. The fourth-order valence-electron chi connectivity index (χ4n) is 3.18. The number of nitrogens with zero attached hydrogens (tertiary/aromatic N) is 2. The van der Waals surface area contributed by atoms with Gasteiger partial charge in [0, 0.05) is 42.4 Å². The van der Waals surface area contributed by atoms with Crippen molar-refractivity contribution in [1.82, 2.24) is 10.2 Å². The van der Waals surface area contributed by atoms with Crippen LogP contribution in [0.1, 0.15) is 43.6 Å². The molecule has 1 heterocycles. The van der Waals surface area contributed by atoms with Gasteiger partial charge in [0.05, 0.1) is 17.1 Å². The van der Waals surface area contributed by atoms with E-state index < -0.39 is 4.92 Å². The number of morpholine rings is 1. The third-order valence-corrected chi connectivity index (χ3v) is 4.61. The maximum atomic E-state index is 12.4. The number of hydrogen-bond donors (Lipinski definition) is 1. The predicted molar refractivity (Wildman–Crippen MR) is 95.8 cm³/mol. The van der Waals surface area contributed by atoms with Gasteiger partial charge in [0.25, 0.3) is 11.6 Å². The summed E-state index contributed by atoms with van der Waals surface area (Å²) in [4.78, 5) is 25.2. The molecule has 1 aromatic carbocycles. The van der Waals surface area contributed by atoms with Crippen molar-refractivity contribution in [2.75, 3.05) is 19.6 Å². The number of hydrogen-bond acceptors (Lipinski definition) is 5. The maximum Gasteiger partial charge on any atom is 0.272 e. The number of nitrogens with one attached hydrogen (secondary N) is 1. The van der Waals surface area contributed by atoms with Gasteiger partial charge in [-0.25, -0.2) is 0 Å². The van der Waals surface area contributed by atoms with Gasteiger partial charge in [-0.3, -0.25) is 19.8 Å². The molecule has 1 aliphatic rings. The highest BCUT2D eigenvalue weighted by molar-refractivity contribution is 5.94. The molecule has 0 bridgehead atoms. The minimum Gasteiger partial charge on any atom is -0.373 e. The highest BCUT2D eigenvalue weighted by atomic mass is 16.6. The molecular formula is C18H27N3O4. The lowest BCUT2D eigenvalue weighted by atomic mass is 9.99. The van der Waals surface area contributed by atoms with E-state index in [2.05, 4.69) is 37.9 Å². The van der Waals surface area contributed by atoms with Crippen molar-refractivity contribution < 1.29 is 14.5 Å². The van der Waals surface area contributed by atoms with Gasteiger partial charge in [0.2, 0.25) is 0 Å². The van der Waals surface area contributed by atoms with Crippen LogP contribution in [0.3, 0.4) is 0 Å². The maximum absolute atomic E-state index is 12.4. The van der Waals surface area contributed by atoms with Crippen LogP contribution in [0, 0.1) is 17.0 Å². The van der Waals surface area contributed by atoms with Gasteiger partial charge in [0.1, 0.15) is 0 Å². The van der Waals surface area contributed by atoms with Gasteiger partial charge in [-0.05, 0) is 46.8 Å². The number of aryl methyl sites for hydroxylation is 1. The Hall–Kier alpha value is -1.99. The summed E-state index contributed by atoms with van der Waals surface area (Å²) >= 11 is 0. The molecule has 7 nitrogen and oxygen atoms in total. The summed E-state index contributed by atoms with van der Waals surface area (Å²) in [6, 6.07) is 4.42. The molecule has 0 spiro atoms. The number of nitro groups is 1. The molecular weight excluding hydrogens is 322 g/mol. The van der Waals surface area contributed by atoms with Crippen molar-refractivity contribution in [2.24, 2.45) is 0 Å². The number of carbonyl (C=O) groups is 1.